The third kappa shape index (κ3) is 3.69. The highest BCUT2D eigenvalue weighted by Gasteiger charge is 2.11. The van der Waals surface area contributed by atoms with Gasteiger partial charge in [0.05, 0.1) is 28.6 Å². The number of fused-ring (bicyclic) bond motifs is 1. The summed E-state index contributed by atoms with van der Waals surface area (Å²) in [5.74, 6) is 0.348. The van der Waals surface area contributed by atoms with Gasteiger partial charge in [-0.15, -0.1) is 0 Å². The highest BCUT2D eigenvalue weighted by Crippen LogP contribution is 2.14. The van der Waals surface area contributed by atoms with Gasteiger partial charge in [0.15, 0.2) is 0 Å². The minimum atomic E-state index is -0.473. The first-order valence-corrected chi connectivity index (χ1v) is 7.51. The van der Waals surface area contributed by atoms with E-state index in [0.29, 0.717) is 11.4 Å². The predicted molar refractivity (Wildman–Crippen MR) is 93.3 cm³/mol. The Bertz CT molecular complexity index is 960. The number of hydrazone groups is 1. The fraction of sp³-hybridized carbons (Fsp3) is 0.118. The van der Waals surface area contributed by atoms with Crippen LogP contribution in [0.25, 0.3) is 11.0 Å². The van der Waals surface area contributed by atoms with Gasteiger partial charge in [-0.05, 0) is 29.8 Å². The third-order valence-electron chi connectivity index (χ3n) is 3.71. The van der Waals surface area contributed by atoms with Crippen LogP contribution in [-0.4, -0.2) is 26.6 Å². The number of imidazole rings is 1. The smallest absolute Gasteiger partial charge is 0.269 e. The molecule has 1 amide bonds. The first-order chi connectivity index (χ1) is 12.0. The molecule has 0 aliphatic heterocycles. The van der Waals surface area contributed by atoms with Gasteiger partial charge < -0.3 is 4.57 Å². The largest absolute Gasteiger partial charge is 0.331 e. The van der Waals surface area contributed by atoms with Gasteiger partial charge >= 0.3 is 0 Å². The highest BCUT2D eigenvalue weighted by atomic mass is 16.6. The van der Waals surface area contributed by atoms with Crippen LogP contribution in [0.3, 0.4) is 0 Å². The van der Waals surface area contributed by atoms with Gasteiger partial charge in [-0.25, -0.2) is 10.4 Å². The molecule has 0 bridgehead atoms. The topological polar surface area (TPSA) is 102 Å². The molecule has 1 heterocycles. The summed E-state index contributed by atoms with van der Waals surface area (Å²) in [5, 5.41) is 14.5. The van der Waals surface area contributed by atoms with Crippen LogP contribution in [-0.2, 0) is 18.3 Å². The summed E-state index contributed by atoms with van der Waals surface area (Å²) in [5.41, 5.74) is 4.87. The van der Waals surface area contributed by atoms with Crippen LogP contribution in [0.5, 0.6) is 0 Å². The highest BCUT2D eigenvalue weighted by molar-refractivity contribution is 5.84. The van der Waals surface area contributed by atoms with E-state index in [-0.39, 0.29) is 18.0 Å². The number of aromatic nitrogens is 2. The number of benzene rings is 2. The molecule has 0 saturated heterocycles. The van der Waals surface area contributed by atoms with Gasteiger partial charge in [-0.2, -0.15) is 5.10 Å². The molecule has 0 aliphatic rings. The van der Waals surface area contributed by atoms with E-state index >= 15 is 0 Å². The van der Waals surface area contributed by atoms with Crippen molar-refractivity contribution in [2.75, 3.05) is 0 Å². The number of nitro groups is 1. The van der Waals surface area contributed by atoms with Crippen LogP contribution in [0.2, 0.25) is 0 Å². The van der Waals surface area contributed by atoms with Crippen LogP contribution in [0, 0.1) is 10.1 Å². The second kappa shape index (κ2) is 6.91. The fourth-order valence-electron chi connectivity index (χ4n) is 2.40. The molecule has 0 aliphatic carbocycles. The van der Waals surface area contributed by atoms with Crippen molar-refractivity contribution in [3.8, 4) is 0 Å². The minimum absolute atomic E-state index is 0.00281. The van der Waals surface area contributed by atoms with E-state index in [4.69, 9.17) is 0 Å². The second-order valence-corrected chi connectivity index (χ2v) is 5.39. The molecule has 0 radical (unpaired) electrons. The van der Waals surface area contributed by atoms with Gasteiger partial charge in [0.2, 0.25) is 5.91 Å². The summed E-state index contributed by atoms with van der Waals surface area (Å²) in [7, 11) is 1.86. The minimum Gasteiger partial charge on any atom is -0.331 e. The molecular formula is C17H15N5O3. The van der Waals surface area contributed by atoms with E-state index in [1.165, 1.54) is 18.3 Å². The van der Waals surface area contributed by atoms with Gasteiger partial charge in [0, 0.05) is 19.2 Å². The monoisotopic (exact) mass is 337 g/mol. The lowest BCUT2D eigenvalue weighted by molar-refractivity contribution is -0.384. The van der Waals surface area contributed by atoms with Crippen LogP contribution in [0.1, 0.15) is 11.4 Å². The number of nitro benzene ring substituents is 1. The van der Waals surface area contributed by atoms with Crippen LogP contribution < -0.4 is 5.43 Å². The van der Waals surface area contributed by atoms with Gasteiger partial charge in [0.25, 0.3) is 5.69 Å². The van der Waals surface area contributed by atoms with E-state index in [1.807, 2.05) is 35.9 Å². The molecule has 1 aromatic heterocycles. The number of nitrogens with zero attached hydrogens (tertiary/aromatic N) is 4. The van der Waals surface area contributed by atoms with Gasteiger partial charge in [-0.1, -0.05) is 12.1 Å². The first kappa shape index (κ1) is 16.3. The Kier molecular flexibility index (Phi) is 4.51. The van der Waals surface area contributed by atoms with Gasteiger partial charge in [0.1, 0.15) is 5.82 Å². The molecule has 0 atom stereocenters. The van der Waals surface area contributed by atoms with Crippen molar-refractivity contribution in [2.45, 2.75) is 6.42 Å². The van der Waals surface area contributed by atoms with E-state index in [0.717, 1.165) is 11.0 Å². The van der Waals surface area contributed by atoms with Crippen molar-refractivity contribution in [1.29, 1.82) is 0 Å². The lowest BCUT2D eigenvalue weighted by Gasteiger charge is -2.01. The lowest BCUT2D eigenvalue weighted by atomic mass is 10.2. The maximum absolute atomic E-state index is 12.0. The SMILES string of the molecule is Cn1c(CC(=O)N/N=C/c2ccc([N+](=O)[O-])cc2)nc2ccccc21. The summed E-state index contributed by atoms with van der Waals surface area (Å²) in [6.45, 7) is 0. The molecule has 1 N–H and O–H groups in total. The van der Waals surface area contributed by atoms with Crippen molar-refractivity contribution in [3.63, 3.8) is 0 Å². The number of carbonyl (C=O) groups excluding carboxylic acids is 1. The average Bonchev–Trinajstić information content (AvgIpc) is 2.91. The number of hydrogen-bond acceptors (Lipinski definition) is 5. The summed E-state index contributed by atoms with van der Waals surface area (Å²) in [6, 6.07) is 13.5. The number of aryl methyl sites for hydroxylation is 1. The quantitative estimate of drug-likeness (QED) is 0.438. The third-order valence-corrected chi connectivity index (χ3v) is 3.71. The number of para-hydroxylation sites is 2. The molecule has 8 heteroatoms. The lowest BCUT2D eigenvalue weighted by Crippen LogP contribution is -2.21. The molecule has 8 nitrogen and oxygen atoms in total. The van der Waals surface area contributed by atoms with Gasteiger partial charge in [-0.3, -0.25) is 14.9 Å². The zero-order chi connectivity index (χ0) is 17.8. The van der Waals surface area contributed by atoms with Crippen molar-refractivity contribution in [2.24, 2.45) is 12.1 Å². The molecule has 3 aromatic rings. The van der Waals surface area contributed by atoms with E-state index in [1.54, 1.807) is 12.1 Å². The summed E-state index contributed by atoms with van der Waals surface area (Å²) in [4.78, 5) is 26.6. The van der Waals surface area contributed by atoms with Crippen molar-refractivity contribution < 1.29 is 9.72 Å². The first-order valence-electron chi connectivity index (χ1n) is 7.51. The molecular weight excluding hydrogens is 322 g/mol. The Morgan fingerprint density at radius 2 is 2.00 bits per heavy atom. The Balaban J connectivity index is 1.62. The van der Waals surface area contributed by atoms with Crippen LogP contribution in [0.4, 0.5) is 5.69 Å². The average molecular weight is 337 g/mol. The fourth-order valence-corrected chi connectivity index (χ4v) is 2.40. The Hall–Kier alpha value is -3.55. The summed E-state index contributed by atoms with van der Waals surface area (Å²) in [6.07, 6.45) is 1.53. The van der Waals surface area contributed by atoms with E-state index in [9.17, 15) is 14.9 Å². The second-order valence-electron chi connectivity index (χ2n) is 5.39. The molecule has 0 spiro atoms. The zero-order valence-electron chi connectivity index (χ0n) is 13.4. The molecule has 126 valence electrons. The number of non-ortho nitro benzene ring substituents is 1. The maximum Gasteiger partial charge on any atom is 0.269 e. The Labute approximate surface area is 142 Å². The Morgan fingerprint density at radius 1 is 1.28 bits per heavy atom. The summed E-state index contributed by atoms with van der Waals surface area (Å²) < 4.78 is 1.87. The van der Waals surface area contributed by atoms with Crippen LogP contribution in [0.15, 0.2) is 53.6 Å². The standard InChI is InChI=1S/C17H15N5O3/c1-21-15-5-3-2-4-14(15)19-16(21)10-17(23)20-18-11-12-6-8-13(9-7-12)22(24)25/h2-9,11H,10H2,1H3,(H,20,23)/b18-11+. The molecule has 0 saturated carbocycles. The summed E-state index contributed by atoms with van der Waals surface area (Å²) >= 11 is 0. The molecule has 0 unspecified atom stereocenters. The molecule has 3 rings (SSSR count). The van der Waals surface area contributed by atoms with E-state index in [2.05, 4.69) is 15.5 Å². The van der Waals surface area contributed by atoms with E-state index < -0.39 is 4.92 Å². The normalized spacial score (nSPS) is 11.1. The number of hydrogen-bond donors (Lipinski definition) is 1. The van der Waals surface area contributed by atoms with Crippen LogP contribution >= 0.6 is 0 Å². The number of nitrogens with one attached hydrogen (secondary N) is 1. The number of rotatable bonds is 5. The Morgan fingerprint density at radius 3 is 2.68 bits per heavy atom. The molecule has 25 heavy (non-hydrogen) atoms. The molecule has 0 fully saturated rings. The molecule has 2 aromatic carbocycles. The van der Waals surface area contributed by atoms with Crippen molar-refractivity contribution in [3.05, 3.63) is 70.0 Å². The number of carbonyl (C=O) groups is 1. The maximum atomic E-state index is 12.0. The zero-order valence-corrected chi connectivity index (χ0v) is 13.4. The van der Waals surface area contributed by atoms with Crippen molar-refractivity contribution >= 4 is 28.8 Å². The number of amides is 1. The van der Waals surface area contributed by atoms with Crippen molar-refractivity contribution in [1.82, 2.24) is 15.0 Å². The predicted octanol–water partition coefficient (Wildman–Crippen LogP) is 2.17.